The molecule has 5 nitrogen and oxygen atoms in total. The zero-order valence-electron chi connectivity index (χ0n) is 14.2. The van der Waals surface area contributed by atoms with Gasteiger partial charge in [0.2, 0.25) is 0 Å². The van der Waals surface area contributed by atoms with Gasteiger partial charge in [0.25, 0.3) is 11.5 Å². The number of para-hydroxylation sites is 2. The fourth-order valence-electron chi connectivity index (χ4n) is 3.30. The molecule has 0 saturated carbocycles. The number of hydrogen-bond acceptors (Lipinski definition) is 3. The van der Waals surface area contributed by atoms with Crippen molar-refractivity contribution < 1.29 is 4.79 Å². The highest BCUT2D eigenvalue weighted by Gasteiger charge is 2.26. The van der Waals surface area contributed by atoms with Crippen molar-refractivity contribution in [3.63, 3.8) is 0 Å². The van der Waals surface area contributed by atoms with Gasteiger partial charge in [-0.1, -0.05) is 59.6 Å². The quantitative estimate of drug-likeness (QED) is 0.653. The van der Waals surface area contributed by atoms with Crippen LogP contribution in [0.3, 0.4) is 0 Å². The van der Waals surface area contributed by atoms with Gasteiger partial charge in [0, 0.05) is 0 Å². The predicted molar refractivity (Wildman–Crippen MR) is 106 cm³/mol. The Kier molecular flexibility index (Phi) is 4.72. The van der Waals surface area contributed by atoms with Gasteiger partial charge in [-0.2, -0.15) is 5.10 Å². The van der Waals surface area contributed by atoms with Crippen LogP contribution in [0, 0.1) is 0 Å². The van der Waals surface area contributed by atoms with E-state index in [-0.39, 0.29) is 22.5 Å². The molecule has 1 aliphatic rings. The first kappa shape index (κ1) is 17.8. The third-order valence-corrected chi connectivity index (χ3v) is 5.35. The van der Waals surface area contributed by atoms with E-state index in [1.54, 1.807) is 4.90 Å². The minimum absolute atomic E-state index is 0.0656. The molecule has 0 fully saturated rings. The summed E-state index contributed by atoms with van der Waals surface area (Å²) < 4.78 is 1.03. The maximum Gasteiger partial charge on any atom is 0.287 e. The molecule has 3 aromatic rings. The molecular weight excluding hydrogens is 385 g/mol. The minimum Gasteiger partial charge on any atom is -0.279 e. The molecule has 1 aromatic heterocycles. The summed E-state index contributed by atoms with van der Waals surface area (Å²) in [4.78, 5) is 27.2. The zero-order valence-corrected chi connectivity index (χ0v) is 15.7. The topological polar surface area (TPSA) is 55.2 Å². The summed E-state index contributed by atoms with van der Waals surface area (Å²) in [5.74, 6) is -0.273. The van der Waals surface area contributed by atoms with Gasteiger partial charge in [-0.3, -0.25) is 14.5 Å². The molecule has 4 rings (SSSR count). The van der Waals surface area contributed by atoms with E-state index < -0.39 is 5.56 Å². The molecule has 0 atom stereocenters. The highest BCUT2D eigenvalue weighted by Crippen LogP contribution is 2.36. The van der Waals surface area contributed by atoms with E-state index in [2.05, 4.69) is 5.10 Å². The maximum absolute atomic E-state index is 13.2. The van der Waals surface area contributed by atoms with Crippen molar-refractivity contribution in [2.75, 3.05) is 4.90 Å². The standard InChI is InChI=1S/C20H15Cl2N3O2/c21-15-11-23-24(20(27)19(15)22)12-18(26)25-16-7-3-1-5-13(16)9-10-14-6-2-4-8-17(14)25/h1-8,11H,9-10,12H2. The molecule has 0 unspecified atom stereocenters. The van der Waals surface area contributed by atoms with Crippen molar-refractivity contribution >= 4 is 40.5 Å². The molecule has 1 amide bonds. The van der Waals surface area contributed by atoms with Crippen LogP contribution in [-0.2, 0) is 24.2 Å². The molecule has 2 aromatic carbocycles. The Hall–Kier alpha value is -2.63. The molecule has 0 N–H and O–H groups in total. The second-order valence-corrected chi connectivity index (χ2v) is 7.04. The van der Waals surface area contributed by atoms with Crippen molar-refractivity contribution in [3.8, 4) is 0 Å². The first-order valence-electron chi connectivity index (χ1n) is 8.46. The molecule has 2 heterocycles. The molecule has 0 radical (unpaired) electrons. The monoisotopic (exact) mass is 399 g/mol. The van der Waals surface area contributed by atoms with E-state index >= 15 is 0 Å². The number of amides is 1. The fraction of sp³-hybridized carbons (Fsp3) is 0.150. The van der Waals surface area contributed by atoms with E-state index in [0.29, 0.717) is 0 Å². The number of aromatic nitrogens is 2. The maximum atomic E-state index is 13.2. The van der Waals surface area contributed by atoms with Gasteiger partial charge >= 0.3 is 0 Å². The summed E-state index contributed by atoms with van der Waals surface area (Å²) in [7, 11) is 0. The van der Waals surface area contributed by atoms with Gasteiger partial charge < -0.3 is 0 Å². The SMILES string of the molecule is O=C(Cn1ncc(Cl)c(Cl)c1=O)N1c2ccccc2CCc2ccccc21. The van der Waals surface area contributed by atoms with Crippen molar-refractivity contribution in [2.24, 2.45) is 0 Å². The number of hydrogen-bond donors (Lipinski definition) is 0. The van der Waals surface area contributed by atoms with Gasteiger partial charge in [-0.25, -0.2) is 4.68 Å². The molecule has 0 spiro atoms. The summed E-state index contributed by atoms with van der Waals surface area (Å²) in [5.41, 5.74) is 3.21. The number of halogens is 2. The molecule has 1 aliphatic heterocycles. The zero-order chi connectivity index (χ0) is 19.0. The third-order valence-electron chi connectivity index (χ3n) is 4.61. The molecule has 0 bridgehead atoms. The minimum atomic E-state index is -0.589. The number of nitrogens with zero attached hydrogens (tertiary/aromatic N) is 3. The highest BCUT2D eigenvalue weighted by atomic mass is 35.5. The lowest BCUT2D eigenvalue weighted by molar-refractivity contribution is -0.118. The molecule has 7 heteroatoms. The summed E-state index contributed by atoms with van der Waals surface area (Å²) >= 11 is 11.7. The Labute approximate surface area is 165 Å². The number of benzene rings is 2. The summed E-state index contributed by atoms with van der Waals surface area (Å²) in [6.45, 7) is -0.238. The summed E-state index contributed by atoms with van der Waals surface area (Å²) in [6.07, 6.45) is 2.94. The number of anilines is 2. The van der Waals surface area contributed by atoms with E-state index in [0.717, 1.165) is 40.0 Å². The fourth-order valence-corrected chi connectivity index (χ4v) is 3.58. The lowest BCUT2D eigenvalue weighted by Crippen LogP contribution is -2.35. The number of carbonyl (C=O) groups is 1. The van der Waals surface area contributed by atoms with E-state index in [9.17, 15) is 9.59 Å². The number of fused-ring (bicyclic) bond motifs is 2. The lowest BCUT2D eigenvalue weighted by Gasteiger charge is -2.25. The van der Waals surface area contributed by atoms with Crippen molar-refractivity contribution in [3.05, 3.63) is 86.3 Å². The average Bonchev–Trinajstić information content (AvgIpc) is 2.85. The summed E-state index contributed by atoms with van der Waals surface area (Å²) in [5, 5.41) is 3.87. The van der Waals surface area contributed by atoms with Gasteiger partial charge in [0.1, 0.15) is 11.6 Å². The van der Waals surface area contributed by atoms with Gasteiger partial charge in [0.15, 0.2) is 0 Å². The van der Waals surface area contributed by atoms with E-state index in [4.69, 9.17) is 23.2 Å². The van der Waals surface area contributed by atoms with Crippen LogP contribution in [0.15, 0.2) is 59.5 Å². The molecular formula is C20H15Cl2N3O2. The Morgan fingerprint density at radius 1 is 0.963 bits per heavy atom. The third kappa shape index (κ3) is 3.24. The van der Waals surface area contributed by atoms with Crippen molar-refractivity contribution in [1.82, 2.24) is 9.78 Å². The van der Waals surface area contributed by atoms with Gasteiger partial charge in [-0.15, -0.1) is 0 Å². The van der Waals surface area contributed by atoms with Crippen molar-refractivity contribution in [1.29, 1.82) is 0 Å². The van der Waals surface area contributed by atoms with E-state index in [1.807, 2.05) is 48.5 Å². The lowest BCUT2D eigenvalue weighted by atomic mass is 10.0. The summed E-state index contributed by atoms with van der Waals surface area (Å²) in [6, 6.07) is 15.6. The van der Waals surface area contributed by atoms with Crippen LogP contribution in [0.5, 0.6) is 0 Å². The Morgan fingerprint density at radius 3 is 2.11 bits per heavy atom. The average molecular weight is 400 g/mol. The molecule has 0 aliphatic carbocycles. The molecule has 136 valence electrons. The number of carbonyl (C=O) groups excluding carboxylic acids is 1. The van der Waals surface area contributed by atoms with Crippen molar-refractivity contribution in [2.45, 2.75) is 19.4 Å². The normalized spacial score (nSPS) is 12.9. The van der Waals surface area contributed by atoms with Crippen LogP contribution in [-0.4, -0.2) is 15.7 Å². The Bertz CT molecular complexity index is 1050. The van der Waals surface area contributed by atoms with Crippen LogP contribution >= 0.6 is 23.2 Å². The van der Waals surface area contributed by atoms with E-state index in [1.165, 1.54) is 6.20 Å². The smallest absolute Gasteiger partial charge is 0.279 e. The number of aryl methyl sites for hydroxylation is 2. The van der Waals surface area contributed by atoms with Gasteiger partial charge in [-0.05, 0) is 36.1 Å². The molecule has 27 heavy (non-hydrogen) atoms. The Balaban J connectivity index is 1.80. The van der Waals surface area contributed by atoms with Crippen LogP contribution < -0.4 is 10.5 Å². The second-order valence-electron chi connectivity index (χ2n) is 6.26. The van der Waals surface area contributed by atoms with Crippen LogP contribution in [0.1, 0.15) is 11.1 Å². The van der Waals surface area contributed by atoms with Crippen LogP contribution in [0.25, 0.3) is 0 Å². The molecule has 0 saturated heterocycles. The number of rotatable bonds is 2. The predicted octanol–water partition coefficient (Wildman–Crippen LogP) is 4.01. The van der Waals surface area contributed by atoms with Crippen LogP contribution in [0.4, 0.5) is 11.4 Å². The second kappa shape index (κ2) is 7.18. The highest BCUT2D eigenvalue weighted by molar-refractivity contribution is 6.41. The van der Waals surface area contributed by atoms with Gasteiger partial charge in [0.05, 0.1) is 22.6 Å². The largest absolute Gasteiger partial charge is 0.287 e. The first-order chi connectivity index (χ1) is 13.1. The van der Waals surface area contributed by atoms with Crippen LogP contribution in [0.2, 0.25) is 10.0 Å². The first-order valence-corrected chi connectivity index (χ1v) is 9.22. The Morgan fingerprint density at radius 2 is 1.52 bits per heavy atom.